The number of aromatic nitrogens is 4. The highest BCUT2D eigenvalue weighted by Gasteiger charge is 2.42. The third kappa shape index (κ3) is 6.42. The molecule has 0 saturated heterocycles. The number of ether oxygens (including phenoxy) is 1. The maximum atomic E-state index is 14.7. The number of hydrogen-bond acceptors (Lipinski definition) is 7. The normalized spacial score (nSPS) is 14.1. The fourth-order valence-electron chi connectivity index (χ4n) is 3.69. The van der Waals surface area contributed by atoms with Crippen molar-refractivity contribution >= 4 is 17.2 Å². The van der Waals surface area contributed by atoms with E-state index in [0.29, 0.717) is 16.6 Å². The summed E-state index contributed by atoms with van der Waals surface area (Å²) < 4.78 is 84.9. The molecule has 15 heteroatoms. The van der Waals surface area contributed by atoms with Gasteiger partial charge in [-0.15, -0.1) is 11.3 Å². The number of halogens is 6. The van der Waals surface area contributed by atoms with E-state index < -0.39 is 48.1 Å². The summed E-state index contributed by atoms with van der Waals surface area (Å²) in [6.07, 6.45) is -1.37. The predicted octanol–water partition coefficient (Wildman–Crippen LogP) is 4.67. The van der Waals surface area contributed by atoms with Crippen molar-refractivity contribution in [2.75, 3.05) is 6.61 Å². The minimum atomic E-state index is -4.29. The van der Waals surface area contributed by atoms with Gasteiger partial charge in [0.2, 0.25) is 0 Å². The number of nitrogens with one attached hydrogen (secondary N) is 1. The van der Waals surface area contributed by atoms with Crippen molar-refractivity contribution in [2.24, 2.45) is 0 Å². The van der Waals surface area contributed by atoms with E-state index in [2.05, 4.69) is 20.4 Å². The Bertz CT molecular complexity index is 1450. The van der Waals surface area contributed by atoms with Crippen molar-refractivity contribution in [3.05, 3.63) is 83.4 Å². The van der Waals surface area contributed by atoms with E-state index in [1.165, 1.54) is 53.9 Å². The topological polar surface area (TPSA) is 102 Å². The molecular weight excluding hydrogens is 564 g/mol. The first kappa shape index (κ1) is 29.0. The minimum Gasteiger partial charge on any atom is -0.487 e. The van der Waals surface area contributed by atoms with Gasteiger partial charge < -0.3 is 15.2 Å². The molecule has 4 aromatic rings. The molecule has 2 unspecified atom stereocenters. The Kier molecular flexibility index (Phi) is 8.44. The molecule has 0 bridgehead atoms. The van der Waals surface area contributed by atoms with Gasteiger partial charge in [-0.2, -0.15) is 13.9 Å². The second kappa shape index (κ2) is 11.6. The van der Waals surface area contributed by atoms with Crippen LogP contribution in [0.1, 0.15) is 23.0 Å². The highest BCUT2D eigenvalue weighted by Crippen LogP contribution is 2.31. The fraction of sp³-hybridized carbons (Fsp3) is 0.280. The van der Waals surface area contributed by atoms with E-state index in [9.17, 15) is 36.2 Å². The molecule has 0 aliphatic heterocycles. The number of carbonyl (C=O) groups is 1. The van der Waals surface area contributed by atoms with E-state index in [1.54, 1.807) is 0 Å². The Balaban J connectivity index is 1.48. The largest absolute Gasteiger partial charge is 0.487 e. The van der Waals surface area contributed by atoms with Crippen LogP contribution in [-0.4, -0.2) is 55.8 Å². The molecule has 8 nitrogen and oxygen atoms in total. The lowest BCUT2D eigenvalue weighted by molar-refractivity contribution is -0.148. The molecule has 4 rings (SSSR count). The third-order valence-electron chi connectivity index (χ3n) is 5.92. The lowest BCUT2D eigenvalue weighted by atomic mass is 9.86. The van der Waals surface area contributed by atoms with Crippen LogP contribution in [0.4, 0.5) is 26.3 Å². The van der Waals surface area contributed by atoms with Crippen LogP contribution in [0.25, 0.3) is 10.6 Å². The van der Waals surface area contributed by atoms with Crippen LogP contribution in [0.15, 0.2) is 60.5 Å². The molecule has 0 saturated carbocycles. The summed E-state index contributed by atoms with van der Waals surface area (Å²) in [5.41, 5.74) is -1.89. The molecule has 0 aliphatic rings. The van der Waals surface area contributed by atoms with Crippen LogP contribution < -0.4 is 10.1 Å². The van der Waals surface area contributed by atoms with E-state index in [-0.39, 0.29) is 23.6 Å². The maximum Gasteiger partial charge on any atom is 0.340 e. The summed E-state index contributed by atoms with van der Waals surface area (Å²) in [5.74, 6) is -6.93. The van der Waals surface area contributed by atoms with Gasteiger partial charge in [-0.25, -0.2) is 32.2 Å². The van der Waals surface area contributed by atoms with E-state index in [4.69, 9.17) is 4.74 Å². The second-order valence-corrected chi connectivity index (χ2v) is 9.61. The average Bonchev–Trinajstić information content (AvgIpc) is 3.60. The number of benzene rings is 2. The summed E-state index contributed by atoms with van der Waals surface area (Å²) in [6, 6.07) is 7.03. The van der Waals surface area contributed by atoms with Gasteiger partial charge in [0.25, 0.3) is 5.91 Å². The quantitative estimate of drug-likeness (QED) is 0.248. The van der Waals surface area contributed by atoms with Crippen molar-refractivity contribution in [1.29, 1.82) is 0 Å². The molecule has 40 heavy (non-hydrogen) atoms. The van der Waals surface area contributed by atoms with Crippen molar-refractivity contribution in [2.45, 2.75) is 37.5 Å². The average molecular weight is 586 g/mol. The van der Waals surface area contributed by atoms with Crippen molar-refractivity contribution in [3.8, 4) is 16.3 Å². The number of carbonyl (C=O) groups excluding carboxylic acids is 1. The fourth-order valence-corrected chi connectivity index (χ4v) is 4.50. The highest BCUT2D eigenvalue weighted by atomic mass is 32.1. The molecule has 2 N–H and O–H groups in total. The lowest BCUT2D eigenvalue weighted by Gasteiger charge is -2.35. The minimum absolute atomic E-state index is 0.0357. The van der Waals surface area contributed by atoms with Gasteiger partial charge >= 0.3 is 12.3 Å². The van der Waals surface area contributed by atoms with E-state index in [0.717, 1.165) is 23.5 Å². The van der Waals surface area contributed by atoms with Gasteiger partial charge in [0.1, 0.15) is 46.3 Å². The number of hydrogen-bond donors (Lipinski definition) is 2. The Morgan fingerprint density at radius 3 is 2.52 bits per heavy atom. The zero-order chi connectivity index (χ0) is 29.1. The van der Waals surface area contributed by atoms with Crippen LogP contribution >= 0.6 is 11.3 Å². The molecule has 0 spiro atoms. The monoisotopic (exact) mass is 585 g/mol. The van der Waals surface area contributed by atoms with Gasteiger partial charge in [-0.05, 0) is 37.3 Å². The van der Waals surface area contributed by atoms with Crippen LogP contribution in [0.3, 0.4) is 0 Å². The third-order valence-corrected chi connectivity index (χ3v) is 6.81. The molecule has 2 heterocycles. The summed E-state index contributed by atoms with van der Waals surface area (Å²) in [6.45, 7) is -0.382. The Labute approximate surface area is 227 Å². The SMILES string of the molecule is CC(NC(=O)c1csc(-c2ccc(OCC(F)(F)C(F)F)cc2)n1)C(O)(Cn1cncn1)c1ccc(F)cc1F. The molecule has 0 aliphatic carbocycles. The Hall–Kier alpha value is -3.98. The standard InChI is InChI=1S/C25H21F6N5O3S/c1-14(24(38,10-36-13-32-12-33-36)18-7-4-16(26)8-19(18)27)34-21(37)20-9-40-22(35-20)15-2-5-17(6-3-15)39-11-25(30,31)23(28)29/h2-9,12-14,23,38H,10-11H2,1H3,(H,34,37). The van der Waals surface area contributed by atoms with Crippen LogP contribution in [0.2, 0.25) is 0 Å². The van der Waals surface area contributed by atoms with Crippen LogP contribution in [-0.2, 0) is 12.1 Å². The number of thiazole rings is 1. The first-order valence-electron chi connectivity index (χ1n) is 11.5. The zero-order valence-corrected chi connectivity index (χ0v) is 21.4. The van der Waals surface area contributed by atoms with E-state index in [1.807, 2.05) is 0 Å². The number of rotatable bonds is 11. The molecule has 1 amide bonds. The molecule has 2 aromatic carbocycles. The van der Waals surface area contributed by atoms with Crippen LogP contribution in [0.5, 0.6) is 5.75 Å². The Morgan fingerprint density at radius 2 is 1.90 bits per heavy atom. The second-order valence-electron chi connectivity index (χ2n) is 8.75. The van der Waals surface area contributed by atoms with Crippen molar-refractivity contribution in [3.63, 3.8) is 0 Å². The van der Waals surface area contributed by atoms with Crippen LogP contribution in [0, 0.1) is 11.6 Å². The molecule has 0 fully saturated rings. The smallest absolute Gasteiger partial charge is 0.340 e. The molecular formula is C25H21F6N5O3S. The molecule has 2 atom stereocenters. The number of alkyl halides is 4. The van der Waals surface area contributed by atoms with Crippen molar-refractivity contribution in [1.82, 2.24) is 25.1 Å². The van der Waals surface area contributed by atoms with Gasteiger partial charge in [-0.3, -0.25) is 4.79 Å². The molecule has 212 valence electrons. The number of nitrogens with zero attached hydrogens (tertiary/aromatic N) is 4. The van der Waals surface area contributed by atoms with Crippen molar-refractivity contribution < 1.29 is 41.0 Å². The summed E-state index contributed by atoms with van der Waals surface area (Å²) in [7, 11) is 0. The van der Waals surface area contributed by atoms with E-state index >= 15 is 0 Å². The first-order chi connectivity index (χ1) is 18.9. The number of amides is 1. The molecule has 2 aromatic heterocycles. The Morgan fingerprint density at radius 1 is 1.18 bits per heavy atom. The summed E-state index contributed by atoms with van der Waals surface area (Å²) >= 11 is 1.08. The zero-order valence-electron chi connectivity index (χ0n) is 20.6. The van der Waals surface area contributed by atoms with Gasteiger partial charge in [0.05, 0.1) is 12.6 Å². The summed E-state index contributed by atoms with van der Waals surface area (Å²) in [5, 5.41) is 19.8. The molecule has 0 radical (unpaired) electrons. The first-order valence-corrected chi connectivity index (χ1v) is 12.4. The van der Waals surface area contributed by atoms with Gasteiger partial charge in [-0.1, -0.05) is 6.07 Å². The maximum absolute atomic E-state index is 14.7. The summed E-state index contributed by atoms with van der Waals surface area (Å²) in [4.78, 5) is 21.0. The van der Waals surface area contributed by atoms with Gasteiger partial charge in [0.15, 0.2) is 6.61 Å². The van der Waals surface area contributed by atoms with Gasteiger partial charge in [0, 0.05) is 22.6 Å². The lowest BCUT2D eigenvalue weighted by Crippen LogP contribution is -2.52. The number of aliphatic hydroxyl groups is 1. The highest BCUT2D eigenvalue weighted by molar-refractivity contribution is 7.13. The predicted molar refractivity (Wildman–Crippen MR) is 131 cm³/mol.